The first-order chi connectivity index (χ1) is 34.8. The monoisotopic (exact) mass is 942 g/mol. The fraction of sp³-hybridized carbons (Fsp3) is 0.172. The molecule has 71 heavy (non-hydrogen) atoms. The minimum atomic E-state index is -0.884. The Morgan fingerprint density at radius 3 is 1.28 bits per heavy atom. The average molecular weight is 943 g/mol. The normalized spacial score (nSPS) is 15.9. The number of rotatable bonds is 11. The van der Waals surface area contributed by atoms with Crippen LogP contribution in [0.25, 0.3) is 33.6 Å². The fourth-order valence-electron chi connectivity index (χ4n) is 9.54. The molecule has 0 saturated heterocycles. The summed E-state index contributed by atoms with van der Waals surface area (Å²) in [6, 6.07) is 54.6. The van der Waals surface area contributed by atoms with Crippen LogP contribution in [0.3, 0.4) is 0 Å². The number of nitrogens with zero attached hydrogens (tertiary/aromatic N) is 8. The molecule has 11 rings (SSSR count). The topological polar surface area (TPSA) is 142 Å². The molecule has 9 aromatic rings. The number of β-amino-alcohol motifs (C(OH)–C–C–N with tert-alkyl or cyclic N) is 2. The summed E-state index contributed by atoms with van der Waals surface area (Å²) in [5, 5.41) is 22.4. The summed E-state index contributed by atoms with van der Waals surface area (Å²) in [6.45, 7) is 1.60. The maximum atomic E-state index is 13.4. The summed E-state index contributed by atoms with van der Waals surface area (Å²) in [5.74, 6) is 0.728. The first-order valence-corrected chi connectivity index (χ1v) is 23.7. The molecule has 2 aliphatic heterocycles. The second-order valence-corrected chi connectivity index (χ2v) is 17.6. The lowest BCUT2D eigenvalue weighted by Gasteiger charge is -2.39. The van der Waals surface area contributed by atoms with Gasteiger partial charge in [-0.2, -0.15) is 0 Å². The Morgan fingerprint density at radius 2 is 0.859 bits per heavy atom. The average Bonchev–Trinajstić information content (AvgIpc) is 3.42. The number of fused-ring (bicyclic) bond motifs is 2. The van der Waals surface area contributed by atoms with Crippen LogP contribution in [-0.2, 0) is 13.1 Å². The van der Waals surface area contributed by atoms with Crippen LogP contribution in [0.1, 0.15) is 59.4 Å². The van der Waals surface area contributed by atoms with Crippen molar-refractivity contribution in [3.63, 3.8) is 0 Å². The van der Waals surface area contributed by atoms with E-state index in [-0.39, 0.29) is 35.6 Å². The van der Waals surface area contributed by atoms with Crippen LogP contribution < -0.4 is 20.9 Å². The molecule has 2 aliphatic rings. The number of hydrogen-bond donors (Lipinski definition) is 2. The van der Waals surface area contributed by atoms with E-state index in [1.807, 2.05) is 120 Å². The van der Waals surface area contributed by atoms with Crippen molar-refractivity contribution in [1.29, 1.82) is 0 Å². The molecule has 4 unspecified atom stereocenters. The predicted octanol–water partition coefficient (Wildman–Crippen LogP) is 9.79. The van der Waals surface area contributed by atoms with Gasteiger partial charge in [0.1, 0.15) is 5.82 Å². The molecule has 354 valence electrons. The van der Waals surface area contributed by atoms with Crippen LogP contribution in [-0.4, -0.2) is 52.4 Å². The molecule has 12 nitrogen and oxygen atoms in total. The molecule has 4 atom stereocenters. The molecule has 4 aromatic heterocycles. The zero-order chi connectivity index (χ0) is 48.7. The second-order valence-electron chi connectivity index (χ2n) is 17.6. The number of aliphatic hydroxyl groups excluding tert-OH is 2. The molecule has 0 aliphatic carbocycles. The minimum absolute atomic E-state index is 0.0194. The van der Waals surface area contributed by atoms with Crippen LogP contribution in [0.2, 0.25) is 0 Å². The van der Waals surface area contributed by atoms with Crippen molar-refractivity contribution in [3.8, 4) is 33.6 Å². The molecule has 2 N–H and O–H groups in total. The molecule has 6 heterocycles. The van der Waals surface area contributed by atoms with Crippen molar-refractivity contribution in [1.82, 2.24) is 29.1 Å². The molecule has 0 bridgehead atoms. The van der Waals surface area contributed by atoms with Gasteiger partial charge in [0.15, 0.2) is 0 Å². The summed E-state index contributed by atoms with van der Waals surface area (Å²) >= 11 is 0. The quantitative estimate of drug-likeness (QED) is 0.129. The van der Waals surface area contributed by atoms with Crippen molar-refractivity contribution < 1.29 is 14.6 Å². The molecular formula is C58H51FN8O4. The fourth-order valence-corrected chi connectivity index (χ4v) is 9.54. The number of benzene rings is 5. The zero-order valence-corrected chi connectivity index (χ0v) is 38.8. The van der Waals surface area contributed by atoms with Gasteiger partial charge in [-0.05, 0) is 82.6 Å². The van der Waals surface area contributed by atoms with Gasteiger partial charge in [-0.1, -0.05) is 127 Å². The Bertz CT molecular complexity index is 3310. The lowest BCUT2D eigenvalue weighted by molar-refractivity contribution is 0.176. The largest absolute Gasteiger partial charge is 0.387 e. The summed E-state index contributed by atoms with van der Waals surface area (Å²) in [6.07, 6.45) is 6.51. The van der Waals surface area contributed by atoms with Crippen LogP contribution in [0.15, 0.2) is 210 Å². The lowest BCUT2D eigenvalue weighted by Crippen LogP contribution is -2.42. The second kappa shape index (κ2) is 21.1. The van der Waals surface area contributed by atoms with Gasteiger partial charge in [0.25, 0.3) is 11.1 Å². The summed E-state index contributed by atoms with van der Waals surface area (Å²) in [5.41, 5.74) is 8.43. The molecule has 0 spiro atoms. The van der Waals surface area contributed by atoms with E-state index in [4.69, 9.17) is 9.97 Å². The van der Waals surface area contributed by atoms with Crippen molar-refractivity contribution >= 4 is 11.9 Å². The number of anilines is 2. The number of halogens is 1. The highest BCUT2D eigenvalue weighted by molar-refractivity contribution is 5.64. The van der Waals surface area contributed by atoms with E-state index in [1.165, 1.54) is 18.2 Å². The van der Waals surface area contributed by atoms with Crippen molar-refractivity contribution in [2.45, 2.75) is 50.2 Å². The van der Waals surface area contributed by atoms with E-state index >= 15 is 0 Å². The highest BCUT2D eigenvalue weighted by Gasteiger charge is 2.33. The van der Waals surface area contributed by atoms with Gasteiger partial charge < -0.3 is 20.0 Å². The standard InChI is InChI=1S/C32H28N4O2.C26H23FN4O2/c37-30(27-13-11-24(12-14-27)23-7-3-1-4-8-23)22-36-29(26-9-5-2-6-10-26)17-20-35-31(38)21-28(34-32(35)36)25-15-18-33-19-16-25;27-21-8-6-20(7-9-21)24(32)17-31-23(19-4-2-1-3-5-19)12-15-30-25(33)16-22(29-26(30)31)18-10-13-28-14-11-18/h1-16,18-19,21,29-30,37H,17,20,22H2;1-11,13-14,16,23-24,32H,12,15,17H2. The third-order valence-corrected chi connectivity index (χ3v) is 13.2. The lowest BCUT2D eigenvalue weighted by atomic mass is 9.98. The van der Waals surface area contributed by atoms with Crippen molar-refractivity contribution in [2.75, 3.05) is 22.9 Å². The molecule has 5 aromatic carbocycles. The minimum Gasteiger partial charge on any atom is -0.387 e. The number of aromatic nitrogens is 6. The zero-order valence-electron chi connectivity index (χ0n) is 38.8. The Hall–Kier alpha value is -8.39. The van der Waals surface area contributed by atoms with Gasteiger partial charge in [-0.3, -0.25) is 28.7 Å². The van der Waals surface area contributed by atoms with Gasteiger partial charge in [0.05, 0.1) is 48.8 Å². The van der Waals surface area contributed by atoms with Crippen LogP contribution in [0.5, 0.6) is 0 Å². The van der Waals surface area contributed by atoms with E-state index in [0.717, 1.165) is 45.4 Å². The molecule has 0 saturated carbocycles. The van der Waals surface area contributed by atoms with Gasteiger partial charge in [-0.25, -0.2) is 14.4 Å². The SMILES string of the molecule is O=c1cc(-c2ccncc2)nc2n1CCC(c1ccccc1)N2CC(O)c1ccc(-c2ccccc2)cc1.O=c1cc(-c2ccncc2)nc2n1CCC(c1ccccc1)N2CC(O)c1ccc(F)cc1. The van der Waals surface area contributed by atoms with Crippen molar-refractivity contribution in [2.24, 2.45) is 0 Å². The van der Waals surface area contributed by atoms with Gasteiger partial charge in [-0.15, -0.1) is 0 Å². The van der Waals surface area contributed by atoms with E-state index in [2.05, 4.69) is 39.1 Å². The Labute approximate surface area is 410 Å². The highest BCUT2D eigenvalue weighted by Crippen LogP contribution is 2.38. The maximum absolute atomic E-state index is 13.4. The molecule has 13 heteroatoms. The van der Waals surface area contributed by atoms with Gasteiger partial charge in [0.2, 0.25) is 11.9 Å². The summed E-state index contributed by atoms with van der Waals surface area (Å²) in [7, 11) is 0. The third kappa shape index (κ3) is 10.3. The smallest absolute Gasteiger partial charge is 0.255 e. The third-order valence-electron chi connectivity index (χ3n) is 13.2. The summed E-state index contributed by atoms with van der Waals surface area (Å²) < 4.78 is 16.8. The predicted molar refractivity (Wildman–Crippen MR) is 274 cm³/mol. The number of hydrogen-bond acceptors (Lipinski definition) is 10. The van der Waals surface area contributed by atoms with Crippen molar-refractivity contribution in [3.05, 3.63) is 249 Å². The molecule has 0 radical (unpaired) electrons. The number of aliphatic hydroxyl groups is 2. The van der Waals surface area contributed by atoms with Crippen LogP contribution in [0, 0.1) is 5.82 Å². The van der Waals surface area contributed by atoms with Gasteiger partial charge in [0, 0.05) is 61.1 Å². The maximum Gasteiger partial charge on any atom is 0.255 e. The number of pyridine rings is 2. The molecule has 0 fully saturated rings. The van der Waals surface area contributed by atoms with E-state index in [1.54, 1.807) is 52.1 Å². The Morgan fingerprint density at radius 1 is 0.479 bits per heavy atom. The molecular weight excluding hydrogens is 892 g/mol. The molecule has 0 amide bonds. The van der Waals surface area contributed by atoms with E-state index in [9.17, 15) is 24.2 Å². The van der Waals surface area contributed by atoms with Crippen LogP contribution >= 0.6 is 0 Å². The summed E-state index contributed by atoms with van der Waals surface area (Å²) in [4.78, 5) is 48.2. The van der Waals surface area contributed by atoms with Crippen LogP contribution in [0.4, 0.5) is 16.3 Å². The van der Waals surface area contributed by atoms with E-state index < -0.39 is 12.2 Å². The Kier molecular flexibility index (Phi) is 13.8. The first-order valence-electron chi connectivity index (χ1n) is 23.7. The Balaban J connectivity index is 0.000000166. The first kappa shape index (κ1) is 46.3. The van der Waals surface area contributed by atoms with E-state index in [0.29, 0.717) is 54.9 Å². The van der Waals surface area contributed by atoms with Gasteiger partial charge >= 0.3 is 0 Å². The highest BCUT2D eigenvalue weighted by atomic mass is 19.1.